The number of hydrogen-bond acceptors (Lipinski definition) is 5. The third-order valence-electron chi connectivity index (χ3n) is 4.15. The Kier molecular flexibility index (Phi) is 6.16. The van der Waals surface area contributed by atoms with Crippen LogP contribution in [-0.2, 0) is 13.1 Å². The van der Waals surface area contributed by atoms with E-state index in [2.05, 4.69) is 10.3 Å². The molecular formula is C20H21FN4OS. The van der Waals surface area contributed by atoms with Crippen LogP contribution in [0.1, 0.15) is 21.5 Å². The third-order valence-corrected chi connectivity index (χ3v) is 5.15. The minimum atomic E-state index is -0.453. The fourth-order valence-electron chi connectivity index (χ4n) is 2.65. The highest BCUT2D eigenvalue weighted by molar-refractivity contribution is 7.18. The number of aromatic nitrogens is 1. The van der Waals surface area contributed by atoms with Gasteiger partial charge in [-0.15, -0.1) is 0 Å². The van der Waals surface area contributed by atoms with Crippen molar-refractivity contribution in [1.82, 2.24) is 4.98 Å². The van der Waals surface area contributed by atoms with Crippen LogP contribution in [0.25, 0.3) is 10.4 Å². The van der Waals surface area contributed by atoms with Gasteiger partial charge < -0.3 is 16.8 Å². The van der Waals surface area contributed by atoms with Gasteiger partial charge in [0, 0.05) is 24.3 Å². The maximum atomic E-state index is 12.5. The molecule has 0 spiro atoms. The summed E-state index contributed by atoms with van der Waals surface area (Å²) < 4.78 is 12.5. The molecule has 0 unspecified atom stereocenters. The van der Waals surface area contributed by atoms with E-state index in [1.54, 1.807) is 30.5 Å². The van der Waals surface area contributed by atoms with Gasteiger partial charge in [0.2, 0.25) is 5.91 Å². The van der Waals surface area contributed by atoms with Crippen molar-refractivity contribution >= 4 is 22.4 Å². The highest BCUT2D eigenvalue weighted by Crippen LogP contribution is 2.29. The second-order valence-electron chi connectivity index (χ2n) is 6.27. The number of halogens is 1. The van der Waals surface area contributed by atoms with Gasteiger partial charge in [0.05, 0.1) is 4.88 Å². The van der Waals surface area contributed by atoms with Gasteiger partial charge in [0.15, 0.2) is 5.13 Å². The molecule has 0 radical (unpaired) electrons. The number of carbonyl (C=O) groups excluding carboxylic acids is 1. The van der Waals surface area contributed by atoms with Gasteiger partial charge in [0.25, 0.3) is 0 Å². The highest BCUT2D eigenvalue weighted by atomic mass is 32.1. The smallest absolute Gasteiger partial charge is 0.248 e. The molecular weight excluding hydrogens is 363 g/mol. The van der Waals surface area contributed by atoms with Crippen molar-refractivity contribution in [2.75, 3.05) is 11.9 Å². The largest absolute Gasteiger partial charge is 0.366 e. The summed E-state index contributed by atoms with van der Waals surface area (Å²) in [6.07, 6.45) is 2.49. The zero-order valence-corrected chi connectivity index (χ0v) is 15.5. The standard InChI is InChI=1S/C20H21FN4OS/c21-10-14-3-1-13(2-4-14)9-17(22)11-24-20-25-12-18(27-20)15-5-7-16(8-6-15)19(23)26/h1-8,12,17H,9-11,22H2,(H2,23,26)(H,24,25)/t17-/m0/s1. The van der Waals surface area contributed by atoms with Crippen LogP contribution in [0.5, 0.6) is 0 Å². The van der Waals surface area contributed by atoms with Gasteiger partial charge in [-0.05, 0) is 35.2 Å². The van der Waals surface area contributed by atoms with Crippen molar-refractivity contribution in [1.29, 1.82) is 0 Å². The fourth-order valence-corrected chi connectivity index (χ4v) is 3.47. The number of nitrogens with one attached hydrogen (secondary N) is 1. The van der Waals surface area contributed by atoms with Crippen molar-refractivity contribution in [2.24, 2.45) is 11.5 Å². The van der Waals surface area contributed by atoms with E-state index in [1.165, 1.54) is 11.3 Å². The first-order valence-corrected chi connectivity index (χ1v) is 9.36. The monoisotopic (exact) mass is 384 g/mol. The molecule has 0 aliphatic carbocycles. The predicted octanol–water partition coefficient (Wildman–Crippen LogP) is 3.36. The van der Waals surface area contributed by atoms with Crippen LogP contribution in [-0.4, -0.2) is 23.5 Å². The molecule has 7 heteroatoms. The number of nitrogens with zero attached hydrogens (tertiary/aromatic N) is 1. The molecule has 1 atom stereocenters. The number of benzene rings is 2. The molecule has 1 heterocycles. The van der Waals surface area contributed by atoms with Crippen LogP contribution in [0.2, 0.25) is 0 Å². The van der Waals surface area contributed by atoms with Crippen molar-refractivity contribution in [3.63, 3.8) is 0 Å². The Balaban J connectivity index is 1.54. The van der Waals surface area contributed by atoms with Crippen LogP contribution in [0, 0.1) is 0 Å². The number of hydrogen-bond donors (Lipinski definition) is 3. The van der Waals surface area contributed by atoms with Gasteiger partial charge in [0.1, 0.15) is 6.67 Å². The SMILES string of the molecule is NC(=O)c1ccc(-c2cnc(NC[C@@H](N)Cc3ccc(CF)cc3)s2)cc1. The van der Waals surface area contributed by atoms with Crippen LogP contribution >= 0.6 is 11.3 Å². The lowest BCUT2D eigenvalue weighted by atomic mass is 10.1. The van der Waals surface area contributed by atoms with Gasteiger partial charge in [-0.2, -0.15) is 0 Å². The molecule has 27 heavy (non-hydrogen) atoms. The second-order valence-corrected chi connectivity index (χ2v) is 7.30. The number of thiazole rings is 1. The normalized spacial score (nSPS) is 11.9. The third kappa shape index (κ3) is 5.12. The van der Waals surface area contributed by atoms with Gasteiger partial charge >= 0.3 is 0 Å². The molecule has 0 aliphatic rings. The first-order chi connectivity index (χ1) is 13.0. The average molecular weight is 384 g/mol. The summed E-state index contributed by atoms with van der Waals surface area (Å²) in [5, 5.41) is 4.04. The number of anilines is 1. The average Bonchev–Trinajstić information content (AvgIpc) is 3.16. The van der Waals surface area contributed by atoms with Crippen LogP contribution in [0.3, 0.4) is 0 Å². The zero-order chi connectivity index (χ0) is 19.2. The lowest BCUT2D eigenvalue weighted by molar-refractivity contribution is 0.100. The van der Waals surface area contributed by atoms with Crippen LogP contribution < -0.4 is 16.8 Å². The molecule has 3 rings (SSSR count). The molecule has 0 aliphatic heterocycles. The summed E-state index contributed by atoms with van der Waals surface area (Å²) in [6.45, 7) is 0.129. The Morgan fingerprint density at radius 3 is 2.41 bits per heavy atom. The molecule has 5 N–H and O–H groups in total. The van der Waals surface area contributed by atoms with Gasteiger partial charge in [-0.3, -0.25) is 4.79 Å². The number of carbonyl (C=O) groups is 1. The van der Waals surface area contributed by atoms with E-state index in [4.69, 9.17) is 11.5 Å². The van der Waals surface area contributed by atoms with Gasteiger partial charge in [-0.1, -0.05) is 47.7 Å². The maximum Gasteiger partial charge on any atom is 0.248 e. The Hall–Kier alpha value is -2.77. The second kappa shape index (κ2) is 8.75. The van der Waals surface area contributed by atoms with E-state index in [9.17, 15) is 9.18 Å². The molecule has 0 saturated carbocycles. The number of primary amides is 1. The van der Waals surface area contributed by atoms with Crippen LogP contribution in [0.4, 0.5) is 9.52 Å². The van der Waals surface area contributed by atoms with E-state index >= 15 is 0 Å². The molecule has 1 amide bonds. The summed E-state index contributed by atoms with van der Waals surface area (Å²) in [5.41, 5.74) is 14.6. The zero-order valence-electron chi connectivity index (χ0n) is 14.7. The Bertz CT molecular complexity index is 893. The van der Waals surface area contributed by atoms with E-state index in [0.29, 0.717) is 24.1 Å². The van der Waals surface area contributed by atoms with Crippen LogP contribution in [0.15, 0.2) is 54.7 Å². The van der Waals surface area contributed by atoms with E-state index in [-0.39, 0.29) is 6.04 Å². The Labute approximate surface area is 161 Å². The lowest BCUT2D eigenvalue weighted by Crippen LogP contribution is -2.31. The highest BCUT2D eigenvalue weighted by Gasteiger charge is 2.09. The molecule has 1 aromatic heterocycles. The molecule has 140 valence electrons. The number of rotatable bonds is 8. The molecule has 5 nitrogen and oxygen atoms in total. The summed E-state index contributed by atoms with van der Waals surface area (Å²) in [5.74, 6) is -0.443. The van der Waals surface area contributed by atoms with E-state index in [0.717, 1.165) is 21.1 Å². The van der Waals surface area contributed by atoms with E-state index < -0.39 is 12.6 Å². The maximum absolute atomic E-state index is 12.5. The molecule has 0 bridgehead atoms. The fraction of sp³-hybridized carbons (Fsp3) is 0.200. The minimum absolute atomic E-state index is 0.0802. The van der Waals surface area contributed by atoms with Crippen molar-refractivity contribution in [3.05, 3.63) is 71.4 Å². The molecule has 2 aromatic carbocycles. The number of amides is 1. The number of nitrogens with two attached hydrogens (primary N) is 2. The topological polar surface area (TPSA) is 94.0 Å². The first kappa shape index (κ1) is 19.0. The molecule has 0 saturated heterocycles. The van der Waals surface area contributed by atoms with Gasteiger partial charge in [-0.25, -0.2) is 9.37 Å². The number of alkyl halides is 1. The predicted molar refractivity (Wildman–Crippen MR) is 107 cm³/mol. The lowest BCUT2D eigenvalue weighted by Gasteiger charge is -2.12. The van der Waals surface area contributed by atoms with Crippen molar-refractivity contribution in [3.8, 4) is 10.4 Å². The van der Waals surface area contributed by atoms with E-state index in [1.807, 2.05) is 24.3 Å². The Morgan fingerprint density at radius 2 is 1.78 bits per heavy atom. The summed E-state index contributed by atoms with van der Waals surface area (Å²) in [7, 11) is 0. The first-order valence-electron chi connectivity index (χ1n) is 8.54. The summed E-state index contributed by atoms with van der Waals surface area (Å²) in [6, 6.07) is 14.4. The summed E-state index contributed by atoms with van der Waals surface area (Å²) in [4.78, 5) is 16.5. The van der Waals surface area contributed by atoms with Crippen molar-refractivity contribution < 1.29 is 9.18 Å². The summed E-state index contributed by atoms with van der Waals surface area (Å²) >= 11 is 1.52. The quantitative estimate of drug-likeness (QED) is 0.555. The molecule has 0 fully saturated rings. The van der Waals surface area contributed by atoms with Crippen molar-refractivity contribution in [2.45, 2.75) is 19.1 Å². The molecule has 3 aromatic rings. The Morgan fingerprint density at radius 1 is 1.11 bits per heavy atom. The minimum Gasteiger partial charge on any atom is -0.366 e.